The Bertz CT molecular complexity index is 1200. The van der Waals surface area contributed by atoms with E-state index in [9.17, 15) is 4.79 Å². The molecular weight excluding hydrogens is 504 g/mol. The van der Waals surface area contributed by atoms with Crippen molar-refractivity contribution in [2.75, 3.05) is 13.2 Å². The van der Waals surface area contributed by atoms with Gasteiger partial charge in [-0.15, -0.1) is 0 Å². The summed E-state index contributed by atoms with van der Waals surface area (Å²) in [6, 6.07) is 42.1. The second-order valence-corrected chi connectivity index (χ2v) is 10.8. The van der Waals surface area contributed by atoms with Gasteiger partial charge in [-0.2, -0.15) is 0 Å². The van der Waals surface area contributed by atoms with E-state index in [4.69, 9.17) is 4.74 Å². The highest BCUT2D eigenvalue weighted by molar-refractivity contribution is 5.81. The summed E-state index contributed by atoms with van der Waals surface area (Å²) in [6.07, 6.45) is 2.66. The van der Waals surface area contributed by atoms with Gasteiger partial charge in [0, 0.05) is 32.7 Å². The molecular formula is C37H44N2O2. The Labute approximate surface area is 246 Å². The number of nitrogens with zero attached hydrogens (tertiary/aromatic N) is 2. The molecule has 4 aromatic carbocycles. The maximum absolute atomic E-state index is 14.3. The molecule has 1 unspecified atom stereocenters. The third-order valence-corrected chi connectivity index (χ3v) is 7.62. The molecule has 0 spiro atoms. The third kappa shape index (κ3) is 8.88. The predicted molar refractivity (Wildman–Crippen MR) is 168 cm³/mol. The zero-order valence-electron chi connectivity index (χ0n) is 24.6. The maximum atomic E-state index is 14.3. The number of ether oxygens (including phenoxy) is 1. The Morgan fingerprint density at radius 3 is 1.37 bits per heavy atom. The number of unbranched alkanes of at least 4 members (excludes halogenated alkanes) is 1. The van der Waals surface area contributed by atoms with Crippen LogP contribution < -0.4 is 0 Å². The van der Waals surface area contributed by atoms with E-state index in [1.807, 2.05) is 19.1 Å². The van der Waals surface area contributed by atoms with Gasteiger partial charge in [0.15, 0.2) is 0 Å². The van der Waals surface area contributed by atoms with Crippen LogP contribution in [-0.4, -0.2) is 34.5 Å². The van der Waals surface area contributed by atoms with Gasteiger partial charge >= 0.3 is 5.97 Å². The van der Waals surface area contributed by atoms with Gasteiger partial charge in [0.2, 0.25) is 0 Å². The normalized spacial score (nSPS) is 12.8. The van der Waals surface area contributed by atoms with Gasteiger partial charge in [-0.1, -0.05) is 141 Å². The molecule has 0 aromatic heterocycles. The predicted octanol–water partition coefficient (Wildman–Crippen LogP) is 7.88. The number of rotatable bonds is 16. The van der Waals surface area contributed by atoms with Gasteiger partial charge < -0.3 is 4.74 Å². The lowest BCUT2D eigenvalue weighted by Gasteiger charge is -2.45. The second-order valence-electron chi connectivity index (χ2n) is 10.8. The fourth-order valence-electron chi connectivity index (χ4n) is 5.55. The number of hydrogen-bond donors (Lipinski definition) is 0. The monoisotopic (exact) mass is 548 g/mol. The SMILES string of the molecule is CCCCC(CN(Cc1ccccc1)Cc1ccccc1)(C(=O)OCC)N(Cc1ccccc1)Cc1ccccc1. The minimum absolute atomic E-state index is 0.133. The number of benzene rings is 4. The summed E-state index contributed by atoms with van der Waals surface area (Å²) in [6.45, 7) is 7.82. The van der Waals surface area contributed by atoms with E-state index in [-0.39, 0.29) is 5.97 Å². The fourth-order valence-corrected chi connectivity index (χ4v) is 5.55. The Hall–Kier alpha value is -3.73. The molecule has 41 heavy (non-hydrogen) atoms. The lowest BCUT2D eigenvalue weighted by molar-refractivity contribution is -0.162. The molecule has 0 aliphatic heterocycles. The number of carbonyl (C=O) groups excluding carboxylic acids is 1. The van der Waals surface area contributed by atoms with E-state index in [0.717, 1.165) is 32.4 Å². The second kappa shape index (κ2) is 15.9. The highest BCUT2D eigenvalue weighted by Gasteiger charge is 2.46. The van der Waals surface area contributed by atoms with Crippen molar-refractivity contribution < 1.29 is 9.53 Å². The standard InChI is InChI=1S/C37H44N2O2/c1-3-5-26-37(36(40)41-4-2,39(29-34-22-14-8-15-23-34)30-35-24-16-9-17-25-35)31-38(27-32-18-10-6-11-19-32)28-33-20-12-7-13-21-33/h6-25H,3-5,26-31H2,1-2H3. The minimum atomic E-state index is -0.832. The first-order valence-corrected chi connectivity index (χ1v) is 14.9. The van der Waals surface area contributed by atoms with E-state index >= 15 is 0 Å². The van der Waals surface area contributed by atoms with Crippen molar-refractivity contribution in [3.05, 3.63) is 144 Å². The van der Waals surface area contributed by atoms with Crippen LogP contribution in [0.1, 0.15) is 55.4 Å². The topological polar surface area (TPSA) is 32.8 Å². The lowest BCUT2D eigenvalue weighted by atomic mass is 9.87. The molecule has 0 amide bonds. The Balaban J connectivity index is 1.80. The largest absolute Gasteiger partial charge is 0.465 e. The Morgan fingerprint density at radius 2 is 1.00 bits per heavy atom. The first kappa shape index (κ1) is 30.2. The Kier molecular flexibility index (Phi) is 11.7. The van der Waals surface area contributed by atoms with Crippen LogP contribution in [0.15, 0.2) is 121 Å². The summed E-state index contributed by atoms with van der Waals surface area (Å²) in [5, 5.41) is 0. The van der Waals surface area contributed by atoms with Crippen LogP contribution in [0.3, 0.4) is 0 Å². The maximum Gasteiger partial charge on any atom is 0.327 e. The van der Waals surface area contributed by atoms with Crippen LogP contribution in [0.25, 0.3) is 0 Å². The quantitative estimate of drug-likeness (QED) is 0.133. The first-order chi connectivity index (χ1) is 20.1. The third-order valence-electron chi connectivity index (χ3n) is 7.62. The lowest BCUT2D eigenvalue weighted by Crippen LogP contribution is -2.60. The smallest absolute Gasteiger partial charge is 0.327 e. The molecule has 4 aromatic rings. The highest BCUT2D eigenvalue weighted by Crippen LogP contribution is 2.31. The van der Waals surface area contributed by atoms with Crippen molar-refractivity contribution in [1.82, 2.24) is 9.80 Å². The van der Waals surface area contributed by atoms with Crippen LogP contribution in [-0.2, 0) is 35.7 Å². The van der Waals surface area contributed by atoms with Crippen molar-refractivity contribution in [2.24, 2.45) is 0 Å². The van der Waals surface area contributed by atoms with E-state index < -0.39 is 5.54 Å². The van der Waals surface area contributed by atoms with Crippen LogP contribution in [0, 0.1) is 0 Å². The summed E-state index contributed by atoms with van der Waals surface area (Å²) in [7, 11) is 0. The van der Waals surface area contributed by atoms with Crippen molar-refractivity contribution in [2.45, 2.75) is 64.8 Å². The van der Waals surface area contributed by atoms with Crippen molar-refractivity contribution >= 4 is 5.97 Å². The molecule has 0 aliphatic carbocycles. The summed E-state index contributed by atoms with van der Waals surface area (Å²) in [4.78, 5) is 19.2. The molecule has 0 bridgehead atoms. The summed E-state index contributed by atoms with van der Waals surface area (Å²) in [5.74, 6) is -0.133. The van der Waals surface area contributed by atoms with E-state index in [2.05, 4.69) is 126 Å². The molecule has 4 nitrogen and oxygen atoms in total. The molecule has 4 rings (SSSR count). The minimum Gasteiger partial charge on any atom is -0.465 e. The highest BCUT2D eigenvalue weighted by atomic mass is 16.5. The summed E-state index contributed by atoms with van der Waals surface area (Å²) >= 11 is 0. The molecule has 0 fully saturated rings. The van der Waals surface area contributed by atoms with Crippen molar-refractivity contribution in [3.63, 3.8) is 0 Å². The molecule has 0 saturated carbocycles. The molecule has 0 saturated heterocycles. The molecule has 214 valence electrons. The number of carbonyl (C=O) groups is 1. The van der Waals surface area contributed by atoms with E-state index in [1.54, 1.807) is 0 Å². The summed E-state index contributed by atoms with van der Waals surface area (Å²) in [5.41, 5.74) is 4.00. The fraction of sp³-hybridized carbons (Fsp3) is 0.324. The molecule has 0 radical (unpaired) electrons. The average molecular weight is 549 g/mol. The van der Waals surface area contributed by atoms with Crippen molar-refractivity contribution in [1.29, 1.82) is 0 Å². The molecule has 4 heteroatoms. The Morgan fingerprint density at radius 1 is 0.610 bits per heavy atom. The van der Waals surface area contributed by atoms with Gasteiger partial charge in [0.1, 0.15) is 5.54 Å². The van der Waals surface area contributed by atoms with E-state index in [0.29, 0.717) is 26.2 Å². The van der Waals surface area contributed by atoms with E-state index in [1.165, 1.54) is 22.3 Å². The molecule has 0 heterocycles. The van der Waals surface area contributed by atoms with Crippen LogP contribution in [0.4, 0.5) is 0 Å². The van der Waals surface area contributed by atoms with Gasteiger partial charge in [0.25, 0.3) is 0 Å². The molecule has 0 N–H and O–H groups in total. The summed E-state index contributed by atoms with van der Waals surface area (Å²) < 4.78 is 5.95. The average Bonchev–Trinajstić information content (AvgIpc) is 3.01. The number of esters is 1. The molecule has 0 aliphatic rings. The van der Waals surface area contributed by atoms with Gasteiger partial charge in [0.05, 0.1) is 6.61 Å². The van der Waals surface area contributed by atoms with Gasteiger partial charge in [-0.05, 0) is 35.6 Å². The molecule has 1 atom stereocenters. The number of hydrogen-bond acceptors (Lipinski definition) is 4. The van der Waals surface area contributed by atoms with Crippen LogP contribution >= 0.6 is 0 Å². The van der Waals surface area contributed by atoms with Crippen LogP contribution in [0.5, 0.6) is 0 Å². The van der Waals surface area contributed by atoms with Crippen molar-refractivity contribution in [3.8, 4) is 0 Å². The first-order valence-electron chi connectivity index (χ1n) is 14.9. The van der Waals surface area contributed by atoms with Gasteiger partial charge in [-0.25, -0.2) is 4.79 Å². The van der Waals surface area contributed by atoms with Crippen LogP contribution in [0.2, 0.25) is 0 Å². The zero-order chi connectivity index (χ0) is 28.8. The zero-order valence-corrected chi connectivity index (χ0v) is 24.6. The van der Waals surface area contributed by atoms with Gasteiger partial charge in [-0.3, -0.25) is 9.80 Å².